The predicted molar refractivity (Wildman–Crippen MR) is 73.4 cm³/mol. The van der Waals surface area contributed by atoms with Crippen molar-refractivity contribution in [2.24, 2.45) is 0 Å². The van der Waals surface area contributed by atoms with Crippen LogP contribution in [0.4, 0.5) is 5.69 Å². The van der Waals surface area contributed by atoms with Crippen LogP contribution in [0.3, 0.4) is 0 Å². The van der Waals surface area contributed by atoms with Gasteiger partial charge in [-0.25, -0.2) is 0 Å². The molecule has 0 aliphatic carbocycles. The lowest BCUT2D eigenvalue weighted by Gasteiger charge is -2.30. The third kappa shape index (κ3) is 3.47. The van der Waals surface area contributed by atoms with Crippen molar-refractivity contribution < 1.29 is 9.59 Å². The van der Waals surface area contributed by atoms with E-state index >= 15 is 0 Å². The zero-order chi connectivity index (χ0) is 13.8. The molecule has 1 heterocycles. The van der Waals surface area contributed by atoms with Crippen LogP contribution in [0.1, 0.15) is 18.4 Å². The van der Waals surface area contributed by atoms with Crippen LogP contribution in [0, 0.1) is 0 Å². The highest BCUT2D eigenvalue weighted by atomic mass is 16.2. The molecular weight excluding hydrogens is 242 g/mol. The molecule has 2 rings (SSSR count). The summed E-state index contributed by atoms with van der Waals surface area (Å²) >= 11 is 0. The Hall–Kier alpha value is -2.04. The monoisotopic (exact) mass is 261 g/mol. The van der Waals surface area contributed by atoms with Crippen molar-refractivity contribution in [1.82, 2.24) is 10.2 Å². The van der Waals surface area contributed by atoms with Crippen molar-refractivity contribution in [1.29, 1.82) is 0 Å². The second-order valence-electron chi connectivity index (χ2n) is 4.95. The van der Waals surface area contributed by atoms with Gasteiger partial charge in [0, 0.05) is 31.7 Å². The first kappa shape index (κ1) is 13.4. The minimum Gasteiger partial charge on any atom is -0.398 e. The van der Waals surface area contributed by atoms with E-state index < -0.39 is 0 Å². The van der Waals surface area contributed by atoms with Crippen molar-refractivity contribution in [3.8, 4) is 0 Å². The normalized spacial score (nSPS) is 19.3. The molecule has 2 amide bonds. The number of carbonyl (C=O) groups is 2. The molecule has 1 atom stereocenters. The zero-order valence-corrected chi connectivity index (χ0v) is 11.1. The molecule has 1 fully saturated rings. The molecule has 0 spiro atoms. The number of likely N-dealkylation sites (tertiary alicyclic amines) is 1. The van der Waals surface area contributed by atoms with Crippen molar-refractivity contribution >= 4 is 17.5 Å². The van der Waals surface area contributed by atoms with E-state index in [4.69, 9.17) is 5.73 Å². The van der Waals surface area contributed by atoms with Gasteiger partial charge in [-0.1, -0.05) is 18.2 Å². The van der Waals surface area contributed by atoms with Crippen LogP contribution in [-0.4, -0.2) is 36.3 Å². The van der Waals surface area contributed by atoms with Crippen LogP contribution in [-0.2, 0) is 16.0 Å². The summed E-state index contributed by atoms with van der Waals surface area (Å²) in [5, 5.41) is 2.96. The molecule has 19 heavy (non-hydrogen) atoms. The molecule has 1 saturated heterocycles. The molecule has 102 valence electrons. The number of nitrogens with zero attached hydrogens (tertiary/aromatic N) is 1. The van der Waals surface area contributed by atoms with Gasteiger partial charge in [-0.15, -0.1) is 0 Å². The number of anilines is 1. The lowest BCUT2D eigenvalue weighted by atomic mass is 10.0. The third-order valence-corrected chi connectivity index (χ3v) is 3.40. The van der Waals surface area contributed by atoms with Crippen molar-refractivity contribution in [2.45, 2.75) is 25.3 Å². The number of benzene rings is 1. The van der Waals surface area contributed by atoms with Crippen molar-refractivity contribution in [3.63, 3.8) is 0 Å². The van der Waals surface area contributed by atoms with Gasteiger partial charge in [0.05, 0.1) is 6.42 Å². The van der Waals surface area contributed by atoms with Gasteiger partial charge in [0.2, 0.25) is 11.8 Å². The molecule has 0 bridgehead atoms. The van der Waals surface area contributed by atoms with Gasteiger partial charge >= 0.3 is 0 Å². The van der Waals surface area contributed by atoms with Crippen molar-refractivity contribution in [3.05, 3.63) is 29.8 Å². The van der Waals surface area contributed by atoms with E-state index in [1.807, 2.05) is 18.2 Å². The maximum atomic E-state index is 12.0. The largest absolute Gasteiger partial charge is 0.398 e. The highest BCUT2D eigenvalue weighted by Gasteiger charge is 2.23. The van der Waals surface area contributed by atoms with E-state index in [-0.39, 0.29) is 24.3 Å². The molecule has 1 aliphatic rings. The fourth-order valence-electron chi connectivity index (χ4n) is 2.28. The number of carbonyl (C=O) groups excluding carboxylic acids is 2. The summed E-state index contributed by atoms with van der Waals surface area (Å²) in [6, 6.07) is 7.39. The molecule has 5 heteroatoms. The lowest BCUT2D eigenvalue weighted by Crippen LogP contribution is -2.48. The maximum absolute atomic E-state index is 12.0. The van der Waals surface area contributed by atoms with Gasteiger partial charge in [0.15, 0.2) is 0 Å². The van der Waals surface area contributed by atoms with E-state index in [0.717, 1.165) is 5.56 Å². The molecule has 1 unspecified atom stereocenters. The number of amides is 2. The first-order valence-electron chi connectivity index (χ1n) is 6.43. The molecule has 1 aromatic rings. The Morgan fingerprint density at radius 1 is 1.47 bits per heavy atom. The number of hydrogen-bond acceptors (Lipinski definition) is 3. The van der Waals surface area contributed by atoms with Crippen LogP contribution in [0.5, 0.6) is 0 Å². The molecular formula is C14H19N3O2. The highest BCUT2D eigenvalue weighted by molar-refractivity contribution is 5.81. The van der Waals surface area contributed by atoms with Gasteiger partial charge in [0.1, 0.15) is 0 Å². The molecule has 1 aromatic carbocycles. The van der Waals surface area contributed by atoms with Crippen molar-refractivity contribution in [2.75, 3.05) is 19.3 Å². The summed E-state index contributed by atoms with van der Waals surface area (Å²) in [5.74, 6) is 0.0865. The number of nitrogen functional groups attached to an aromatic ring is 1. The standard InChI is InChI=1S/C14H19N3O2/c1-17-9-11(6-7-14(17)19)16-13(18)8-10-4-2-3-5-12(10)15/h2-5,11H,6-9,15H2,1H3,(H,16,18). The second kappa shape index (κ2) is 5.73. The van der Waals surface area contributed by atoms with Crippen LogP contribution >= 0.6 is 0 Å². The second-order valence-corrected chi connectivity index (χ2v) is 4.95. The number of rotatable bonds is 3. The Kier molecular flexibility index (Phi) is 4.04. The summed E-state index contributed by atoms with van der Waals surface area (Å²) in [5.41, 5.74) is 7.28. The third-order valence-electron chi connectivity index (χ3n) is 3.40. The minimum absolute atomic E-state index is 0.0418. The van der Waals surface area contributed by atoms with Gasteiger partial charge in [-0.2, -0.15) is 0 Å². The van der Waals surface area contributed by atoms with Crippen LogP contribution in [0.2, 0.25) is 0 Å². The molecule has 5 nitrogen and oxygen atoms in total. The Bertz CT molecular complexity index is 487. The molecule has 0 radical (unpaired) electrons. The maximum Gasteiger partial charge on any atom is 0.224 e. The Labute approximate surface area is 112 Å². The SMILES string of the molecule is CN1CC(NC(=O)Cc2ccccc2N)CCC1=O. The molecule has 0 saturated carbocycles. The fraction of sp³-hybridized carbons (Fsp3) is 0.429. The lowest BCUT2D eigenvalue weighted by molar-refractivity contribution is -0.133. The van der Waals surface area contributed by atoms with Gasteiger partial charge < -0.3 is 16.0 Å². The topological polar surface area (TPSA) is 75.4 Å². The van der Waals surface area contributed by atoms with E-state index in [0.29, 0.717) is 25.1 Å². The Balaban J connectivity index is 1.88. The Morgan fingerprint density at radius 2 is 2.21 bits per heavy atom. The summed E-state index contributed by atoms with van der Waals surface area (Å²) in [6.45, 7) is 0.578. The summed E-state index contributed by atoms with van der Waals surface area (Å²) in [7, 11) is 1.76. The Morgan fingerprint density at radius 3 is 2.89 bits per heavy atom. The number of piperidine rings is 1. The average molecular weight is 261 g/mol. The smallest absolute Gasteiger partial charge is 0.224 e. The average Bonchev–Trinajstić information content (AvgIpc) is 2.37. The van der Waals surface area contributed by atoms with Gasteiger partial charge in [-0.3, -0.25) is 9.59 Å². The number of nitrogens with two attached hydrogens (primary N) is 1. The van der Waals surface area contributed by atoms with E-state index in [9.17, 15) is 9.59 Å². The van der Waals surface area contributed by atoms with Crippen LogP contribution < -0.4 is 11.1 Å². The zero-order valence-electron chi connectivity index (χ0n) is 11.1. The number of hydrogen-bond donors (Lipinski definition) is 2. The van der Waals surface area contributed by atoms with E-state index in [2.05, 4.69) is 5.32 Å². The van der Waals surface area contributed by atoms with E-state index in [1.165, 1.54) is 0 Å². The van der Waals surface area contributed by atoms with Gasteiger partial charge in [-0.05, 0) is 18.1 Å². The highest BCUT2D eigenvalue weighted by Crippen LogP contribution is 2.13. The first-order valence-corrected chi connectivity index (χ1v) is 6.43. The first-order chi connectivity index (χ1) is 9.06. The predicted octanol–water partition coefficient (Wildman–Crippen LogP) is 0.548. The number of para-hydroxylation sites is 1. The molecule has 1 aliphatic heterocycles. The molecule has 3 N–H and O–H groups in total. The number of nitrogens with one attached hydrogen (secondary N) is 1. The summed E-state index contributed by atoms with van der Waals surface area (Å²) in [4.78, 5) is 25.0. The fourth-order valence-corrected chi connectivity index (χ4v) is 2.28. The van der Waals surface area contributed by atoms with Crippen LogP contribution in [0.25, 0.3) is 0 Å². The number of likely N-dealkylation sites (N-methyl/N-ethyl adjacent to an activating group) is 1. The minimum atomic E-state index is -0.0503. The summed E-state index contributed by atoms with van der Waals surface area (Å²) < 4.78 is 0. The van der Waals surface area contributed by atoms with E-state index in [1.54, 1.807) is 18.0 Å². The van der Waals surface area contributed by atoms with Gasteiger partial charge in [0.25, 0.3) is 0 Å². The molecule has 0 aromatic heterocycles. The van der Waals surface area contributed by atoms with Crippen LogP contribution in [0.15, 0.2) is 24.3 Å². The quantitative estimate of drug-likeness (QED) is 0.780. The summed E-state index contributed by atoms with van der Waals surface area (Å²) in [6.07, 6.45) is 1.48.